The molecule has 3 heteroatoms. The van der Waals surface area contributed by atoms with Crippen molar-refractivity contribution in [3.8, 4) is 0 Å². The van der Waals surface area contributed by atoms with E-state index in [-0.39, 0.29) is 0 Å². The maximum absolute atomic E-state index is 6.14. The molecule has 1 aliphatic rings. The van der Waals surface area contributed by atoms with Gasteiger partial charge in [0.2, 0.25) is 0 Å². The average Bonchev–Trinajstić information content (AvgIpc) is 2.30. The van der Waals surface area contributed by atoms with Crippen LogP contribution in [-0.2, 0) is 0 Å². The Hall–Kier alpha value is -0.600. The van der Waals surface area contributed by atoms with Crippen LogP contribution in [0.3, 0.4) is 0 Å². The van der Waals surface area contributed by atoms with E-state index in [0.717, 1.165) is 6.54 Å². The summed E-state index contributed by atoms with van der Waals surface area (Å²) in [6.07, 6.45) is 5.57. The molecule has 2 heterocycles. The van der Waals surface area contributed by atoms with Crippen LogP contribution in [0.2, 0.25) is 5.15 Å². The molecule has 0 spiro atoms. The third-order valence-corrected chi connectivity index (χ3v) is 3.48. The van der Waals surface area contributed by atoms with Crippen LogP contribution in [0.15, 0.2) is 18.3 Å². The molecule has 0 aliphatic carbocycles. The van der Waals surface area contributed by atoms with Crippen LogP contribution in [0, 0.1) is 0 Å². The summed E-state index contributed by atoms with van der Waals surface area (Å²) in [6, 6.07) is 4.56. The Labute approximate surface area is 96.3 Å². The minimum Gasteiger partial charge on any atom is -0.296 e. The predicted molar refractivity (Wildman–Crippen MR) is 63.1 cm³/mol. The summed E-state index contributed by atoms with van der Waals surface area (Å²) in [7, 11) is 0. The van der Waals surface area contributed by atoms with E-state index in [9.17, 15) is 0 Å². The van der Waals surface area contributed by atoms with Crippen LogP contribution >= 0.6 is 11.6 Å². The molecule has 1 aromatic rings. The number of aromatic nitrogens is 1. The quantitative estimate of drug-likeness (QED) is 0.717. The Balaban J connectivity index is 2.24. The van der Waals surface area contributed by atoms with Gasteiger partial charge in [-0.2, -0.15) is 0 Å². The lowest BCUT2D eigenvalue weighted by atomic mass is 9.96. The van der Waals surface area contributed by atoms with Crippen LogP contribution in [0.4, 0.5) is 0 Å². The predicted octanol–water partition coefficient (Wildman–Crippen LogP) is 3.28. The smallest absolute Gasteiger partial charge is 0.133 e. The molecule has 0 radical (unpaired) electrons. The lowest BCUT2D eigenvalue weighted by Crippen LogP contribution is -2.33. The molecule has 2 nitrogen and oxygen atoms in total. The fraction of sp³-hybridized carbons (Fsp3) is 0.583. The highest BCUT2D eigenvalue weighted by Gasteiger charge is 2.24. The summed E-state index contributed by atoms with van der Waals surface area (Å²) >= 11 is 6.14. The summed E-state index contributed by atoms with van der Waals surface area (Å²) in [5.74, 6) is 0. The van der Waals surface area contributed by atoms with Gasteiger partial charge in [0.1, 0.15) is 5.15 Å². The van der Waals surface area contributed by atoms with E-state index in [1.54, 1.807) is 6.20 Å². The van der Waals surface area contributed by atoms with Crippen molar-refractivity contribution in [2.45, 2.75) is 32.2 Å². The van der Waals surface area contributed by atoms with Gasteiger partial charge in [0.15, 0.2) is 0 Å². The Morgan fingerprint density at radius 3 is 3.13 bits per heavy atom. The molecule has 82 valence electrons. The lowest BCUT2D eigenvalue weighted by molar-refractivity contribution is 0.157. The normalized spacial score (nSPS) is 22.9. The van der Waals surface area contributed by atoms with Crippen molar-refractivity contribution in [1.29, 1.82) is 0 Å². The number of pyridine rings is 1. The van der Waals surface area contributed by atoms with E-state index in [4.69, 9.17) is 11.6 Å². The van der Waals surface area contributed by atoms with Gasteiger partial charge in [0, 0.05) is 17.8 Å². The fourth-order valence-electron chi connectivity index (χ4n) is 2.37. The van der Waals surface area contributed by atoms with Gasteiger partial charge in [-0.15, -0.1) is 0 Å². The van der Waals surface area contributed by atoms with E-state index >= 15 is 0 Å². The van der Waals surface area contributed by atoms with Gasteiger partial charge < -0.3 is 0 Å². The number of hydrogen-bond donors (Lipinski definition) is 0. The second-order valence-electron chi connectivity index (χ2n) is 4.02. The first-order valence-electron chi connectivity index (χ1n) is 5.67. The molecule has 1 fully saturated rings. The standard InChI is InChI=1S/C12H17ClN2/c1-2-15-9-4-3-7-11(15)10-6-5-8-14-12(10)13/h5-6,8,11H,2-4,7,9H2,1H3/t11-/m1/s1. The molecule has 0 bridgehead atoms. The van der Waals surface area contributed by atoms with Crippen LogP contribution in [0.1, 0.15) is 37.8 Å². The maximum atomic E-state index is 6.14. The first kappa shape index (κ1) is 10.9. The van der Waals surface area contributed by atoms with Crippen molar-refractivity contribution in [3.63, 3.8) is 0 Å². The number of nitrogens with zero attached hydrogens (tertiary/aromatic N) is 2. The minimum atomic E-state index is 0.477. The van der Waals surface area contributed by atoms with Gasteiger partial charge in [-0.3, -0.25) is 4.90 Å². The van der Waals surface area contributed by atoms with Crippen molar-refractivity contribution < 1.29 is 0 Å². The van der Waals surface area contributed by atoms with E-state index in [0.29, 0.717) is 11.2 Å². The van der Waals surface area contributed by atoms with Gasteiger partial charge in [-0.25, -0.2) is 4.98 Å². The SMILES string of the molecule is CCN1CCCC[C@@H]1c1cccnc1Cl. The van der Waals surface area contributed by atoms with Crippen molar-refractivity contribution in [3.05, 3.63) is 29.0 Å². The second-order valence-corrected chi connectivity index (χ2v) is 4.38. The molecular weight excluding hydrogens is 208 g/mol. The van der Waals surface area contributed by atoms with Gasteiger partial charge in [-0.05, 0) is 32.0 Å². The molecule has 15 heavy (non-hydrogen) atoms. The fourth-order valence-corrected chi connectivity index (χ4v) is 2.61. The molecule has 0 aromatic carbocycles. The number of hydrogen-bond acceptors (Lipinski definition) is 2. The first-order valence-corrected chi connectivity index (χ1v) is 6.05. The zero-order valence-corrected chi connectivity index (χ0v) is 9.87. The van der Waals surface area contributed by atoms with Crippen molar-refractivity contribution in [1.82, 2.24) is 9.88 Å². The van der Waals surface area contributed by atoms with Gasteiger partial charge in [0.05, 0.1) is 0 Å². The van der Waals surface area contributed by atoms with Gasteiger partial charge in [0.25, 0.3) is 0 Å². The molecule has 0 saturated carbocycles. The summed E-state index contributed by atoms with van der Waals surface area (Å²) in [6.45, 7) is 4.49. The zero-order chi connectivity index (χ0) is 10.7. The summed E-state index contributed by atoms with van der Waals surface area (Å²) in [5, 5.41) is 0.669. The number of likely N-dealkylation sites (tertiary alicyclic amines) is 1. The topological polar surface area (TPSA) is 16.1 Å². The van der Waals surface area contributed by atoms with E-state index in [1.807, 2.05) is 6.07 Å². The summed E-state index contributed by atoms with van der Waals surface area (Å²) < 4.78 is 0. The van der Waals surface area contributed by atoms with E-state index in [2.05, 4.69) is 22.9 Å². The number of rotatable bonds is 2. The van der Waals surface area contributed by atoms with Gasteiger partial charge in [-0.1, -0.05) is 31.0 Å². The van der Waals surface area contributed by atoms with Crippen molar-refractivity contribution >= 4 is 11.6 Å². The Morgan fingerprint density at radius 2 is 2.40 bits per heavy atom. The molecule has 1 atom stereocenters. The van der Waals surface area contributed by atoms with Crippen LogP contribution < -0.4 is 0 Å². The molecule has 1 aromatic heterocycles. The number of piperidine rings is 1. The van der Waals surface area contributed by atoms with Gasteiger partial charge >= 0.3 is 0 Å². The minimum absolute atomic E-state index is 0.477. The third kappa shape index (κ3) is 2.32. The zero-order valence-electron chi connectivity index (χ0n) is 9.12. The monoisotopic (exact) mass is 224 g/mol. The Bertz CT molecular complexity index is 327. The molecule has 0 unspecified atom stereocenters. The highest BCUT2D eigenvalue weighted by Crippen LogP contribution is 2.33. The Morgan fingerprint density at radius 1 is 1.53 bits per heavy atom. The number of halogens is 1. The molecule has 1 saturated heterocycles. The highest BCUT2D eigenvalue weighted by molar-refractivity contribution is 6.30. The maximum Gasteiger partial charge on any atom is 0.133 e. The highest BCUT2D eigenvalue weighted by atomic mass is 35.5. The third-order valence-electron chi connectivity index (χ3n) is 3.17. The van der Waals surface area contributed by atoms with Crippen LogP contribution in [-0.4, -0.2) is 23.0 Å². The van der Waals surface area contributed by atoms with E-state index < -0.39 is 0 Å². The Kier molecular flexibility index (Phi) is 3.60. The van der Waals surface area contributed by atoms with Crippen molar-refractivity contribution in [2.24, 2.45) is 0 Å². The molecule has 0 amide bonds. The molecule has 1 aliphatic heterocycles. The van der Waals surface area contributed by atoms with Crippen LogP contribution in [0.5, 0.6) is 0 Å². The lowest BCUT2D eigenvalue weighted by Gasteiger charge is -2.35. The van der Waals surface area contributed by atoms with Crippen LogP contribution in [0.25, 0.3) is 0 Å². The average molecular weight is 225 g/mol. The molecular formula is C12H17ClN2. The largest absolute Gasteiger partial charge is 0.296 e. The summed E-state index contributed by atoms with van der Waals surface area (Å²) in [5.41, 5.74) is 1.20. The molecule has 0 N–H and O–H groups in total. The van der Waals surface area contributed by atoms with E-state index in [1.165, 1.54) is 31.4 Å². The first-order chi connectivity index (χ1) is 7.33. The second kappa shape index (κ2) is 4.95. The summed E-state index contributed by atoms with van der Waals surface area (Å²) in [4.78, 5) is 6.65. The molecule has 2 rings (SSSR count). The van der Waals surface area contributed by atoms with Crippen molar-refractivity contribution in [2.75, 3.05) is 13.1 Å².